The Kier molecular flexibility index (Phi) is 4.39. The van der Waals surface area contributed by atoms with E-state index < -0.39 is 17.6 Å². The lowest BCUT2D eigenvalue weighted by Crippen LogP contribution is -2.22. The summed E-state index contributed by atoms with van der Waals surface area (Å²) < 4.78 is 52.8. The predicted octanol–water partition coefficient (Wildman–Crippen LogP) is 2.83. The van der Waals surface area contributed by atoms with Crippen molar-refractivity contribution in [3.8, 4) is 0 Å². The van der Waals surface area contributed by atoms with Crippen molar-refractivity contribution in [1.29, 1.82) is 0 Å². The number of nitrogens with one attached hydrogen (secondary N) is 1. The molecule has 0 spiro atoms. The summed E-state index contributed by atoms with van der Waals surface area (Å²) in [6.07, 6.45) is -1.16. The van der Waals surface area contributed by atoms with Gasteiger partial charge < -0.3 is 5.32 Å². The van der Waals surface area contributed by atoms with Crippen LogP contribution in [-0.2, 0) is 19.3 Å². The third kappa shape index (κ3) is 3.80. The molecule has 0 unspecified atom stereocenters. The fourth-order valence-electron chi connectivity index (χ4n) is 1.82. The van der Waals surface area contributed by atoms with Gasteiger partial charge in [0.25, 0.3) is 0 Å². The van der Waals surface area contributed by atoms with Crippen LogP contribution in [0.4, 0.5) is 17.6 Å². The van der Waals surface area contributed by atoms with Gasteiger partial charge >= 0.3 is 6.18 Å². The van der Waals surface area contributed by atoms with Crippen LogP contribution in [-0.4, -0.2) is 16.3 Å². The van der Waals surface area contributed by atoms with Gasteiger partial charge in [-0.3, -0.25) is 4.68 Å². The third-order valence-corrected chi connectivity index (χ3v) is 2.77. The summed E-state index contributed by atoms with van der Waals surface area (Å²) >= 11 is 0. The molecule has 0 aliphatic carbocycles. The second-order valence-corrected chi connectivity index (χ2v) is 4.25. The first-order valence-electron chi connectivity index (χ1n) is 6.00. The van der Waals surface area contributed by atoms with Gasteiger partial charge in [-0.25, -0.2) is 4.39 Å². The first-order valence-corrected chi connectivity index (χ1v) is 6.00. The largest absolute Gasteiger partial charge is 0.416 e. The molecule has 2 rings (SSSR count). The molecular weight excluding hydrogens is 274 g/mol. The summed E-state index contributed by atoms with van der Waals surface area (Å²) in [5, 5.41) is 6.86. The molecule has 2 aromatic rings. The topological polar surface area (TPSA) is 29.9 Å². The minimum absolute atomic E-state index is 0.0242. The number of benzene rings is 1. The van der Waals surface area contributed by atoms with Crippen molar-refractivity contribution in [3.05, 3.63) is 53.6 Å². The zero-order valence-corrected chi connectivity index (χ0v) is 10.5. The highest BCUT2D eigenvalue weighted by Gasteiger charge is 2.33. The highest BCUT2D eigenvalue weighted by atomic mass is 19.4. The van der Waals surface area contributed by atoms with Crippen LogP contribution in [0, 0.1) is 5.82 Å². The average Bonchev–Trinajstić information content (AvgIpc) is 2.88. The van der Waals surface area contributed by atoms with Crippen LogP contribution in [0.5, 0.6) is 0 Å². The molecule has 1 aromatic carbocycles. The lowest BCUT2D eigenvalue weighted by molar-refractivity contribution is -0.138. The molecule has 0 aliphatic heterocycles. The molecule has 0 atom stereocenters. The van der Waals surface area contributed by atoms with Gasteiger partial charge in [0.2, 0.25) is 0 Å². The highest BCUT2D eigenvalue weighted by molar-refractivity contribution is 5.30. The first kappa shape index (κ1) is 14.5. The molecule has 0 saturated carbocycles. The van der Waals surface area contributed by atoms with E-state index in [1.54, 1.807) is 23.1 Å². The van der Waals surface area contributed by atoms with Crippen LogP contribution >= 0.6 is 0 Å². The first-order chi connectivity index (χ1) is 9.47. The van der Waals surface area contributed by atoms with E-state index >= 15 is 0 Å². The summed E-state index contributed by atoms with van der Waals surface area (Å²) in [5.41, 5.74) is -0.913. The Hall–Kier alpha value is -1.89. The number of aromatic nitrogens is 2. The average molecular weight is 287 g/mol. The van der Waals surface area contributed by atoms with Crippen LogP contribution in [0.25, 0.3) is 0 Å². The molecule has 108 valence electrons. The lowest BCUT2D eigenvalue weighted by atomic mass is 10.1. The van der Waals surface area contributed by atoms with E-state index in [0.717, 1.165) is 12.1 Å². The van der Waals surface area contributed by atoms with Gasteiger partial charge in [-0.2, -0.15) is 18.3 Å². The van der Waals surface area contributed by atoms with Crippen molar-refractivity contribution in [2.45, 2.75) is 19.3 Å². The van der Waals surface area contributed by atoms with E-state index in [9.17, 15) is 17.6 Å². The van der Waals surface area contributed by atoms with Crippen LogP contribution in [0.3, 0.4) is 0 Å². The Morgan fingerprint density at radius 2 is 2.05 bits per heavy atom. The fraction of sp³-hybridized carbons (Fsp3) is 0.308. The number of nitrogens with zero attached hydrogens (tertiary/aromatic N) is 2. The SMILES string of the molecule is Fc1ccc(CNCCn2cccn2)c(C(F)(F)F)c1. The molecule has 0 radical (unpaired) electrons. The molecule has 0 saturated heterocycles. The van der Waals surface area contributed by atoms with E-state index in [1.807, 2.05) is 0 Å². The molecule has 0 fully saturated rings. The van der Waals surface area contributed by atoms with Gasteiger partial charge in [-0.05, 0) is 23.8 Å². The zero-order chi connectivity index (χ0) is 14.6. The quantitative estimate of drug-likeness (QED) is 0.677. The fourth-order valence-corrected chi connectivity index (χ4v) is 1.82. The minimum atomic E-state index is -4.55. The van der Waals surface area contributed by atoms with Gasteiger partial charge in [0.1, 0.15) is 5.82 Å². The Morgan fingerprint density at radius 3 is 2.70 bits per heavy atom. The molecule has 3 nitrogen and oxygen atoms in total. The number of alkyl halides is 3. The van der Waals surface area contributed by atoms with Gasteiger partial charge in [-0.15, -0.1) is 0 Å². The molecule has 20 heavy (non-hydrogen) atoms. The van der Waals surface area contributed by atoms with Crippen molar-refractivity contribution < 1.29 is 17.6 Å². The van der Waals surface area contributed by atoms with Gasteiger partial charge in [0, 0.05) is 25.5 Å². The van der Waals surface area contributed by atoms with E-state index in [4.69, 9.17) is 0 Å². The second kappa shape index (κ2) is 6.04. The van der Waals surface area contributed by atoms with E-state index in [1.165, 1.54) is 0 Å². The Bertz CT molecular complexity index is 549. The van der Waals surface area contributed by atoms with Crippen LogP contribution < -0.4 is 5.32 Å². The van der Waals surface area contributed by atoms with Crippen LogP contribution in [0.1, 0.15) is 11.1 Å². The number of hydrogen-bond donors (Lipinski definition) is 1. The minimum Gasteiger partial charge on any atom is -0.311 e. The summed E-state index contributed by atoms with van der Waals surface area (Å²) in [6.45, 7) is 1.04. The van der Waals surface area contributed by atoms with Gasteiger partial charge in [-0.1, -0.05) is 6.07 Å². The van der Waals surface area contributed by atoms with E-state index in [-0.39, 0.29) is 12.1 Å². The summed E-state index contributed by atoms with van der Waals surface area (Å²) in [5.74, 6) is -0.891. The molecule has 0 amide bonds. The Morgan fingerprint density at radius 1 is 1.25 bits per heavy atom. The van der Waals surface area contributed by atoms with E-state index in [0.29, 0.717) is 19.2 Å². The smallest absolute Gasteiger partial charge is 0.311 e. The maximum atomic E-state index is 12.9. The zero-order valence-electron chi connectivity index (χ0n) is 10.5. The molecule has 1 N–H and O–H groups in total. The second-order valence-electron chi connectivity index (χ2n) is 4.25. The molecule has 0 aliphatic rings. The predicted molar refractivity (Wildman–Crippen MR) is 65.3 cm³/mol. The molecule has 0 bridgehead atoms. The molecular formula is C13H13F4N3. The van der Waals surface area contributed by atoms with Crippen molar-refractivity contribution in [2.24, 2.45) is 0 Å². The van der Waals surface area contributed by atoms with Gasteiger partial charge in [0.15, 0.2) is 0 Å². The van der Waals surface area contributed by atoms with Crippen molar-refractivity contribution in [3.63, 3.8) is 0 Å². The summed E-state index contributed by atoms with van der Waals surface area (Å²) in [6, 6.07) is 4.46. The van der Waals surface area contributed by atoms with Crippen molar-refractivity contribution >= 4 is 0 Å². The summed E-state index contributed by atoms with van der Waals surface area (Å²) in [4.78, 5) is 0. The number of rotatable bonds is 5. The van der Waals surface area contributed by atoms with Crippen LogP contribution in [0.15, 0.2) is 36.7 Å². The Balaban J connectivity index is 1.95. The monoisotopic (exact) mass is 287 g/mol. The third-order valence-electron chi connectivity index (χ3n) is 2.77. The maximum Gasteiger partial charge on any atom is 0.416 e. The van der Waals surface area contributed by atoms with Gasteiger partial charge in [0.05, 0.1) is 12.1 Å². The van der Waals surface area contributed by atoms with E-state index in [2.05, 4.69) is 10.4 Å². The number of hydrogen-bond acceptors (Lipinski definition) is 2. The highest BCUT2D eigenvalue weighted by Crippen LogP contribution is 2.32. The molecule has 7 heteroatoms. The Labute approximate surface area is 113 Å². The normalized spacial score (nSPS) is 11.8. The maximum absolute atomic E-state index is 12.9. The standard InChI is InChI=1S/C13H13F4N3/c14-11-3-2-10(12(8-11)13(15,16)17)9-18-5-7-20-6-1-4-19-20/h1-4,6,8,18H,5,7,9H2. The van der Waals surface area contributed by atoms with Crippen molar-refractivity contribution in [2.75, 3.05) is 6.54 Å². The number of halogens is 4. The summed E-state index contributed by atoms with van der Waals surface area (Å²) in [7, 11) is 0. The molecule has 1 aromatic heterocycles. The molecule has 1 heterocycles. The lowest BCUT2D eigenvalue weighted by Gasteiger charge is -2.13. The van der Waals surface area contributed by atoms with Crippen molar-refractivity contribution in [1.82, 2.24) is 15.1 Å². The van der Waals surface area contributed by atoms with Crippen LogP contribution in [0.2, 0.25) is 0 Å².